The van der Waals surface area contributed by atoms with Crippen molar-refractivity contribution in [2.45, 2.75) is 31.6 Å². The van der Waals surface area contributed by atoms with Crippen molar-refractivity contribution in [3.63, 3.8) is 0 Å². The molecular formula is C17H24N4O2. The molecule has 2 N–H and O–H groups in total. The topological polar surface area (TPSA) is 74.3 Å². The number of aromatic nitrogens is 1. The Kier molecular flexibility index (Phi) is 4.91. The molecule has 124 valence electrons. The number of amides is 2. The largest absolute Gasteiger partial charge is 0.370 e. The molecule has 0 radical (unpaired) electrons. The molecule has 1 unspecified atom stereocenters. The van der Waals surface area contributed by atoms with E-state index in [0.29, 0.717) is 12.8 Å². The number of imide groups is 1. The number of nitrogens with one attached hydrogen (secondary N) is 2. The van der Waals surface area contributed by atoms with Gasteiger partial charge in [0.05, 0.1) is 23.5 Å². The van der Waals surface area contributed by atoms with E-state index in [2.05, 4.69) is 20.5 Å². The smallest absolute Gasteiger partial charge is 0.235 e. The molecule has 2 aliphatic heterocycles. The number of carbonyl (C=O) groups is 2. The predicted molar refractivity (Wildman–Crippen MR) is 88.2 cm³/mol. The highest BCUT2D eigenvalue weighted by molar-refractivity contribution is 6.00. The van der Waals surface area contributed by atoms with Gasteiger partial charge in [0.1, 0.15) is 0 Å². The van der Waals surface area contributed by atoms with Gasteiger partial charge in [-0.05, 0) is 50.9 Å². The van der Waals surface area contributed by atoms with E-state index in [1.54, 1.807) is 0 Å². The Balaban J connectivity index is 1.61. The van der Waals surface area contributed by atoms with Crippen LogP contribution in [0, 0.1) is 5.92 Å². The van der Waals surface area contributed by atoms with Crippen LogP contribution >= 0.6 is 0 Å². The summed E-state index contributed by atoms with van der Waals surface area (Å²) in [4.78, 5) is 30.0. The van der Waals surface area contributed by atoms with Crippen molar-refractivity contribution in [2.75, 3.05) is 31.6 Å². The van der Waals surface area contributed by atoms with Crippen LogP contribution < -0.4 is 15.5 Å². The van der Waals surface area contributed by atoms with Gasteiger partial charge in [0.25, 0.3) is 0 Å². The molecule has 6 heteroatoms. The lowest BCUT2D eigenvalue weighted by Crippen LogP contribution is -2.39. The quantitative estimate of drug-likeness (QED) is 0.812. The van der Waals surface area contributed by atoms with Gasteiger partial charge >= 0.3 is 0 Å². The molecule has 0 spiro atoms. The minimum absolute atomic E-state index is 0.188. The summed E-state index contributed by atoms with van der Waals surface area (Å²) in [7, 11) is 2.00. The first-order chi connectivity index (χ1) is 11.2. The van der Waals surface area contributed by atoms with E-state index in [-0.39, 0.29) is 17.7 Å². The summed E-state index contributed by atoms with van der Waals surface area (Å²) in [6, 6.07) is 3.97. The van der Waals surface area contributed by atoms with Gasteiger partial charge in [0.15, 0.2) is 0 Å². The van der Waals surface area contributed by atoms with Gasteiger partial charge in [-0.2, -0.15) is 0 Å². The third-order valence-corrected chi connectivity index (χ3v) is 4.84. The number of anilines is 1. The Labute approximate surface area is 136 Å². The van der Waals surface area contributed by atoms with Crippen molar-refractivity contribution in [3.8, 4) is 0 Å². The van der Waals surface area contributed by atoms with Crippen molar-refractivity contribution >= 4 is 17.5 Å². The first kappa shape index (κ1) is 15.9. The molecule has 3 rings (SSSR count). The number of nitrogens with zero attached hydrogens (tertiary/aromatic N) is 2. The summed E-state index contributed by atoms with van der Waals surface area (Å²) >= 11 is 0. The molecule has 1 aromatic rings. The summed E-state index contributed by atoms with van der Waals surface area (Å²) < 4.78 is 0. The van der Waals surface area contributed by atoms with Crippen LogP contribution in [0.2, 0.25) is 0 Å². The highest BCUT2D eigenvalue weighted by Gasteiger charge is 2.29. The Hall–Kier alpha value is -1.95. The second-order valence-electron chi connectivity index (χ2n) is 6.43. The molecule has 0 aliphatic carbocycles. The van der Waals surface area contributed by atoms with Gasteiger partial charge in [-0.25, -0.2) is 0 Å². The van der Waals surface area contributed by atoms with Crippen LogP contribution in [0.4, 0.5) is 5.69 Å². The molecule has 2 amide bonds. The maximum Gasteiger partial charge on any atom is 0.235 e. The van der Waals surface area contributed by atoms with Crippen LogP contribution in [0.5, 0.6) is 0 Å². The molecule has 2 saturated heterocycles. The van der Waals surface area contributed by atoms with E-state index in [4.69, 9.17) is 0 Å². The molecule has 1 aromatic heterocycles. The second-order valence-corrected chi connectivity index (χ2v) is 6.43. The van der Waals surface area contributed by atoms with Crippen LogP contribution in [0.3, 0.4) is 0 Å². The van der Waals surface area contributed by atoms with Crippen molar-refractivity contribution in [3.05, 3.63) is 24.0 Å². The van der Waals surface area contributed by atoms with Crippen molar-refractivity contribution in [2.24, 2.45) is 5.92 Å². The molecule has 23 heavy (non-hydrogen) atoms. The number of pyridine rings is 1. The number of hydrogen-bond donors (Lipinski definition) is 2. The maximum absolute atomic E-state index is 11.9. The van der Waals surface area contributed by atoms with E-state index < -0.39 is 0 Å². The molecule has 3 heterocycles. The number of rotatable bonds is 4. The lowest BCUT2D eigenvalue weighted by molar-refractivity contribution is -0.134. The van der Waals surface area contributed by atoms with Gasteiger partial charge in [-0.1, -0.05) is 0 Å². The Morgan fingerprint density at radius 2 is 2.04 bits per heavy atom. The molecule has 1 atom stereocenters. The number of hydrogen-bond acceptors (Lipinski definition) is 5. The van der Waals surface area contributed by atoms with Crippen LogP contribution in [0.15, 0.2) is 18.3 Å². The summed E-state index contributed by atoms with van der Waals surface area (Å²) in [5, 5.41) is 5.64. The molecule has 0 bridgehead atoms. The van der Waals surface area contributed by atoms with Gasteiger partial charge in [-0.15, -0.1) is 0 Å². The maximum atomic E-state index is 11.9. The normalized spacial score (nSPS) is 23.0. The summed E-state index contributed by atoms with van der Waals surface area (Å²) in [6.07, 6.45) is 5.17. The monoisotopic (exact) mass is 316 g/mol. The SMILES string of the molecule is CNCC1CCN(c2ccc(C3CCC(=O)NC3=O)nc2)CC1. The van der Waals surface area contributed by atoms with Gasteiger partial charge in [0.2, 0.25) is 11.8 Å². The highest BCUT2D eigenvalue weighted by Crippen LogP contribution is 2.26. The predicted octanol–water partition coefficient (Wildman–Crippen LogP) is 1.04. The summed E-state index contributed by atoms with van der Waals surface area (Å²) in [6.45, 7) is 3.18. The van der Waals surface area contributed by atoms with Gasteiger partial charge < -0.3 is 10.2 Å². The average molecular weight is 316 g/mol. The van der Waals surface area contributed by atoms with Crippen molar-refractivity contribution < 1.29 is 9.59 Å². The Bertz CT molecular complexity index is 564. The molecule has 2 aliphatic rings. The number of piperidine rings is 2. The van der Waals surface area contributed by atoms with Crippen molar-refractivity contribution in [1.29, 1.82) is 0 Å². The highest BCUT2D eigenvalue weighted by atomic mass is 16.2. The van der Waals surface area contributed by atoms with Crippen LogP contribution in [0.1, 0.15) is 37.3 Å². The Morgan fingerprint density at radius 1 is 1.26 bits per heavy atom. The van der Waals surface area contributed by atoms with E-state index in [1.807, 2.05) is 25.4 Å². The van der Waals surface area contributed by atoms with E-state index in [1.165, 1.54) is 12.8 Å². The minimum Gasteiger partial charge on any atom is -0.370 e. The average Bonchev–Trinajstić information content (AvgIpc) is 2.56. The fraction of sp³-hybridized carbons (Fsp3) is 0.588. The van der Waals surface area contributed by atoms with Gasteiger partial charge in [-0.3, -0.25) is 19.9 Å². The minimum atomic E-state index is -0.303. The molecule has 2 fully saturated rings. The zero-order valence-electron chi connectivity index (χ0n) is 13.5. The Morgan fingerprint density at radius 3 is 2.65 bits per heavy atom. The fourth-order valence-electron chi connectivity index (χ4n) is 3.45. The second kappa shape index (κ2) is 7.08. The third kappa shape index (κ3) is 3.69. The number of carbonyl (C=O) groups excluding carboxylic acids is 2. The van der Waals surface area contributed by atoms with E-state index in [0.717, 1.165) is 36.9 Å². The zero-order valence-corrected chi connectivity index (χ0v) is 13.5. The lowest BCUT2D eigenvalue weighted by Gasteiger charge is -2.33. The molecule has 6 nitrogen and oxygen atoms in total. The molecule has 0 aromatic carbocycles. The lowest BCUT2D eigenvalue weighted by atomic mass is 9.94. The van der Waals surface area contributed by atoms with E-state index >= 15 is 0 Å². The van der Waals surface area contributed by atoms with Crippen LogP contribution in [0.25, 0.3) is 0 Å². The van der Waals surface area contributed by atoms with Crippen molar-refractivity contribution in [1.82, 2.24) is 15.6 Å². The third-order valence-electron chi connectivity index (χ3n) is 4.84. The van der Waals surface area contributed by atoms with E-state index in [9.17, 15) is 9.59 Å². The zero-order chi connectivity index (χ0) is 16.2. The summed E-state index contributed by atoms with van der Waals surface area (Å²) in [5.41, 5.74) is 1.87. The standard InChI is InChI=1S/C17H24N4O2/c1-18-10-12-6-8-21(9-7-12)13-2-4-15(19-11-13)14-3-5-16(22)20-17(14)23/h2,4,11-12,14,18H,3,5-10H2,1H3,(H,20,22,23). The first-order valence-electron chi connectivity index (χ1n) is 8.36. The van der Waals surface area contributed by atoms with Crippen LogP contribution in [-0.4, -0.2) is 43.5 Å². The molecule has 0 saturated carbocycles. The van der Waals surface area contributed by atoms with Crippen LogP contribution in [-0.2, 0) is 9.59 Å². The first-order valence-corrected chi connectivity index (χ1v) is 8.36. The summed E-state index contributed by atoms with van der Waals surface area (Å²) in [5.74, 6) is 0.0387. The fourth-order valence-corrected chi connectivity index (χ4v) is 3.45. The molecular weight excluding hydrogens is 292 g/mol. The van der Waals surface area contributed by atoms with Gasteiger partial charge in [0, 0.05) is 19.5 Å².